The van der Waals surface area contributed by atoms with Gasteiger partial charge in [0.2, 0.25) is 11.8 Å². The highest BCUT2D eigenvalue weighted by Gasteiger charge is 2.38. The molecule has 1 atom stereocenters. The monoisotopic (exact) mass is 383 g/mol. The third-order valence-electron chi connectivity index (χ3n) is 5.56. The number of nitrogens with zero attached hydrogens (tertiary/aromatic N) is 3. The maximum absolute atomic E-state index is 12.9. The van der Waals surface area contributed by atoms with Crippen molar-refractivity contribution in [3.05, 3.63) is 52.7 Å². The Morgan fingerprint density at radius 2 is 1.81 bits per heavy atom. The van der Waals surface area contributed by atoms with Gasteiger partial charge in [-0.3, -0.25) is 14.5 Å². The maximum atomic E-state index is 12.9. The average molecular weight is 384 g/mol. The molecule has 2 aromatic rings. The highest BCUT2D eigenvalue weighted by atomic mass is 32.1. The molecule has 2 aliphatic heterocycles. The van der Waals surface area contributed by atoms with Gasteiger partial charge in [-0.1, -0.05) is 18.2 Å². The first-order valence-corrected chi connectivity index (χ1v) is 10.6. The Morgan fingerprint density at radius 1 is 1.04 bits per heavy atom. The van der Waals surface area contributed by atoms with Crippen LogP contribution in [0.4, 0.5) is 5.69 Å². The zero-order valence-corrected chi connectivity index (χ0v) is 16.2. The van der Waals surface area contributed by atoms with Crippen molar-refractivity contribution in [2.75, 3.05) is 37.6 Å². The molecule has 6 heteroatoms. The molecule has 142 valence electrons. The number of rotatable bonds is 5. The summed E-state index contributed by atoms with van der Waals surface area (Å²) < 4.78 is 0. The molecule has 0 spiro atoms. The lowest BCUT2D eigenvalue weighted by Crippen LogP contribution is -2.53. The summed E-state index contributed by atoms with van der Waals surface area (Å²) in [6, 6.07) is 11.9. The van der Waals surface area contributed by atoms with E-state index in [2.05, 4.69) is 21.7 Å². The molecule has 4 rings (SSSR count). The Labute approximate surface area is 164 Å². The zero-order chi connectivity index (χ0) is 18.6. The SMILES string of the molecule is O=C(CCc1ccsc1)N1CCN(C2CCN(c3ccccc3)C2=O)CC1. The van der Waals surface area contributed by atoms with Gasteiger partial charge in [0.25, 0.3) is 0 Å². The van der Waals surface area contributed by atoms with Gasteiger partial charge >= 0.3 is 0 Å². The number of hydrogen-bond acceptors (Lipinski definition) is 4. The van der Waals surface area contributed by atoms with Crippen molar-refractivity contribution in [2.24, 2.45) is 0 Å². The van der Waals surface area contributed by atoms with E-state index in [1.165, 1.54) is 5.56 Å². The molecule has 1 unspecified atom stereocenters. The van der Waals surface area contributed by atoms with Crippen LogP contribution in [0.1, 0.15) is 18.4 Å². The summed E-state index contributed by atoms with van der Waals surface area (Å²) in [5.74, 6) is 0.419. The van der Waals surface area contributed by atoms with Gasteiger partial charge < -0.3 is 9.80 Å². The van der Waals surface area contributed by atoms with Crippen molar-refractivity contribution < 1.29 is 9.59 Å². The lowest BCUT2D eigenvalue weighted by Gasteiger charge is -2.37. The first kappa shape index (κ1) is 18.2. The largest absolute Gasteiger partial charge is 0.340 e. The minimum atomic E-state index is -0.0479. The normalized spacial score (nSPS) is 21.0. The fraction of sp³-hybridized carbons (Fsp3) is 0.429. The molecule has 2 amide bonds. The standard InChI is InChI=1S/C21H25N3O2S/c25-20(7-6-17-9-15-27-16-17)23-13-11-22(12-14-23)19-8-10-24(21(19)26)18-4-2-1-3-5-18/h1-5,9,15-16,19H,6-8,10-14H2. The first-order chi connectivity index (χ1) is 13.2. The van der Waals surface area contributed by atoms with Crippen molar-refractivity contribution in [1.29, 1.82) is 0 Å². The summed E-state index contributed by atoms with van der Waals surface area (Å²) in [7, 11) is 0. The Bertz CT molecular complexity index is 770. The van der Waals surface area contributed by atoms with Gasteiger partial charge in [0.15, 0.2) is 0 Å². The molecule has 2 aliphatic rings. The van der Waals surface area contributed by atoms with Crippen LogP contribution < -0.4 is 4.90 Å². The van der Waals surface area contributed by atoms with Gasteiger partial charge in [-0.15, -0.1) is 0 Å². The molecule has 0 aliphatic carbocycles. The quantitative estimate of drug-likeness (QED) is 0.797. The molecule has 5 nitrogen and oxygen atoms in total. The summed E-state index contributed by atoms with van der Waals surface area (Å²) in [6.07, 6.45) is 2.25. The summed E-state index contributed by atoms with van der Waals surface area (Å²) in [5, 5.41) is 4.16. The molecular weight excluding hydrogens is 358 g/mol. The van der Waals surface area contributed by atoms with Crippen LogP contribution in [0.25, 0.3) is 0 Å². The molecule has 0 radical (unpaired) electrons. The van der Waals surface area contributed by atoms with E-state index in [4.69, 9.17) is 0 Å². The number of thiophene rings is 1. The second-order valence-corrected chi connectivity index (χ2v) is 7.96. The number of anilines is 1. The number of para-hydroxylation sites is 1. The lowest BCUT2D eigenvalue weighted by molar-refractivity contribution is -0.133. The van der Waals surface area contributed by atoms with Crippen molar-refractivity contribution in [1.82, 2.24) is 9.80 Å². The zero-order valence-electron chi connectivity index (χ0n) is 15.4. The van der Waals surface area contributed by atoms with Gasteiger partial charge in [0.1, 0.15) is 0 Å². The van der Waals surface area contributed by atoms with Gasteiger partial charge in [-0.05, 0) is 47.4 Å². The third kappa shape index (κ3) is 4.06. The van der Waals surface area contributed by atoms with Crippen LogP contribution in [0.3, 0.4) is 0 Å². The topological polar surface area (TPSA) is 43.9 Å². The molecule has 0 saturated carbocycles. The Kier molecular flexibility index (Phi) is 5.55. The van der Waals surface area contributed by atoms with Crippen molar-refractivity contribution >= 4 is 28.8 Å². The number of aryl methyl sites for hydroxylation is 1. The van der Waals surface area contributed by atoms with Crippen LogP contribution in [-0.2, 0) is 16.0 Å². The molecule has 0 bridgehead atoms. The number of carbonyl (C=O) groups is 2. The predicted molar refractivity (Wildman–Crippen MR) is 108 cm³/mol. The molecule has 3 heterocycles. The van der Waals surface area contributed by atoms with Crippen molar-refractivity contribution in [2.45, 2.75) is 25.3 Å². The number of amides is 2. The lowest BCUT2D eigenvalue weighted by atomic mass is 10.1. The number of hydrogen-bond donors (Lipinski definition) is 0. The minimum Gasteiger partial charge on any atom is -0.340 e. The fourth-order valence-corrected chi connectivity index (χ4v) is 4.70. The van der Waals surface area contributed by atoms with Crippen LogP contribution in [-0.4, -0.2) is 60.4 Å². The Hall–Kier alpha value is -2.18. The Morgan fingerprint density at radius 3 is 2.52 bits per heavy atom. The smallest absolute Gasteiger partial charge is 0.244 e. The van der Waals surface area contributed by atoms with Crippen LogP contribution in [0.2, 0.25) is 0 Å². The van der Waals surface area contributed by atoms with E-state index < -0.39 is 0 Å². The van der Waals surface area contributed by atoms with Crippen LogP contribution in [0, 0.1) is 0 Å². The van der Waals surface area contributed by atoms with Gasteiger partial charge in [-0.2, -0.15) is 11.3 Å². The fourth-order valence-electron chi connectivity index (χ4n) is 4.00. The highest BCUT2D eigenvalue weighted by Crippen LogP contribution is 2.25. The predicted octanol–water partition coefficient (Wildman–Crippen LogP) is 2.63. The molecule has 2 fully saturated rings. The van der Waals surface area contributed by atoms with E-state index in [0.717, 1.165) is 51.3 Å². The number of benzene rings is 1. The summed E-state index contributed by atoms with van der Waals surface area (Å²) >= 11 is 1.67. The second-order valence-electron chi connectivity index (χ2n) is 7.18. The molecule has 0 N–H and O–H groups in total. The minimum absolute atomic E-state index is 0.0479. The van der Waals surface area contributed by atoms with Crippen LogP contribution >= 0.6 is 11.3 Å². The van der Waals surface area contributed by atoms with E-state index in [9.17, 15) is 9.59 Å². The first-order valence-electron chi connectivity index (χ1n) is 9.62. The molecular formula is C21H25N3O2S. The van der Waals surface area contributed by atoms with E-state index in [1.807, 2.05) is 40.1 Å². The summed E-state index contributed by atoms with van der Waals surface area (Å²) in [6.45, 7) is 3.77. The molecule has 2 saturated heterocycles. The number of carbonyl (C=O) groups excluding carboxylic acids is 2. The van der Waals surface area contributed by atoms with E-state index in [1.54, 1.807) is 11.3 Å². The summed E-state index contributed by atoms with van der Waals surface area (Å²) in [5.41, 5.74) is 2.22. The molecule has 1 aromatic carbocycles. The second kappa shape index (κ2) is 8.23. The number of piperazine rings is 1. The van der Waals surface area contributed by atoms with E-state index in [-0.39, 0.29) is 17.9 Å². The van der Waals surface area contributed by atoms with Crippen LogP contribution in [0.15, 0.2) is 47.2 Å². The summed E-state index contributed by atoms with van der Waals surface area (Å²) in [4.78, 5) is 31.4. The molecule has 27 heavy (non-hydrogen) atoms. The third-order valence-corrected chi connectivity index (χ3v) is 6.29. The Balaban J connectivity index is 1.28. The van der Waals surface area contributed by atoms with Gasteiger partial charge in [-0.25, -0.2) is 0 Å². The molecule has 1 aromatic heterocycles. The van der Waals surface area contributed by atoms with E-state index in [0.29, 0.717) is 6.42 Å². The van der Waals surface area contributed by atoms with E-state index >= 15 is 0 Å². The average Bonchev–Trinajstić information content (AvgIpc) is 3.37. The van der Waals surface area contributed by atoms with Gasteiger partial charge in [0, 0.05) is 44.8 Å². The van der Waals surface area contributed by atoms with Crippen LogP contribution in [0.5, 0.6) is 0 Å². The maximum Gasteiger partial charge on any atom is 0.244 e. The van der Waals surface area contributed by atoms with Crippen molar-refractivity contribution in [3.63, 3.8) is 0 Å². The highest BCUT2D eigenvalue weighted by molar-refractivity contribution is 7.07. The van der Waals surface area contributed by atoms with Gasteiger partial charge in [0.05, 0.1) is 6.04 Å². The van der Waals surface area contributed by atoms with Crippen molar-refractivity contribution in [3.8, 4) is 0 Å².